The molecule has 0 aromatic heterocycles. The summed E-state index contributed by atoms with van der Waals surface area (Å²) in [6.45, 7) is 5.01. The molecule has 2 aromatic carbocycles. The van der Waals surface area contributed by atoms with Crippen LogP contribution in [0.2, 0.25) is 0 Å². The predicted octanol–water partition coefficient (Wildman–Crippen LogP) is 4.26. The molecule has 0 unspecified atom stereocenters. The normalized spacial score (nSPS) is 10.7. The van der Waals surface area contributed by atoms with Gasteiger partial charge in [-0.25, -0.2) is 4.79 Å². The number of nitrogens with zero attached hydrogens (tertiary/aromatic N) is 1. The van der Waals surface area contributed by atoms with E-state index in [9.17, 15) is 14.4 Å². The Balaban J connectivity index is 1.94. The van der Waals surface area contributed by atoms with Crippen molar-refractivity contribution in [3.8, 4) is 6.07 Å². The highest BCUT2D eigenvalue weighted by molar-refractivity contribution is 8.00. The summed E-state index contributed by atoms with van der Waals surface area (Å²) in [5, 5.41) is 11.5. The Hall–Kier alpha value is -3.11. The summed E-state index contributed by atoms with van der Waals surface area (Å²) in [6, 6.07) is 15.9. The monoisotopic (exact) mass is 424 g/mol. The van der Waals surface area contributed by atoms with E-state index in [0.29, 0.717) is 22.6 Å². The number of carbonyl (C=O) groups is 3. The van der Waals surface area contributed by atoms with Gasteiger partial charge in [-0.05, 0) is 29.8 Å². The zero-order valence-corrected chi connectivity index (χ0v) is 18.0. The van der Waals surface area contributed by atoms with Crippen molar-refractivity contribution in [2.24, 2.45) is 5.41 Å². The Morgan fingerprint density at radius 1 is 1.07 bits per heavy atom. The van der Waals surface area contributed by atoms with Gasteiger partial charge in [-0.15, -0.1) is 11.8 Å². The first-order valence-corrected chi connectivity index (χ1v) is 10.4. The molecule has 0 atom stereocenters. The molecule has 0 spiro atoms. The molecule has 30 heavy (non-hydrogen) atoms. The van der Waals surface area contributed by atoms with Crippen LogP contribution in [-0.4, -0.2) is 30.0 Å². The second-order valence-electron chi connectivity index (χ2n) is 7.61. The lowest BCUT2D eigenvalue weighted by atomic mass is 9.91. The lowest BCUT2D eigenvalue weighted by molar-refractivity contribution is -0.129. The van der Waals surface area contributed by atoms with E-state index in [1.807, 2.05) is 0 Å². The number of benzene rings is 2. The lowest BCUT2D eigenvalue weighted by Gasteiger charge is -2.16. The van der Waals surface area contributed by atoms with Gasteiger partial charge in [0.1, 0.15) is 0 Å². The summed E-state index contributed by atoms with van der Waals surface area (Å²) in [4.78, 5) is 37.2. The number of rotatable bonds is 8. The molecule has 0 saturated carbocycles. The molecule has 6 nitrogen and oxygen atoms in total. The predicted molar refractivity (Wildman–Crippen MR) is 116 cm³/mol. The smallest absolute Gasteiger partial charge is 0.339 e. The number of Topliss-reactive ketones (excluding diaryl/α,β-unsaturated/α-hetero) is 1. The van der Waals surface area contributed by atoms with Crippen molar-refractivity contribution >= 4 is 35.1 Å². The topological polar surface area (TPSA) is 96.3 Å². The molecule has 0 bridgehead atoms. The highest BCUT2D eigenvalue weighted by Gasteiger charge is 2.23. The molecule has 1 amide bonds. The molecule has 0 aliphatic carbocycles. The van der Waals surface area contributed by atoms with Crippen LogP contribution < -0.4 is 5.32 Å². The molecule has 2 aromatic rings. The van der Waals surface area contributed by atoms with Crippen molar-refractivity contribution in [1.82, 2.24) is 0 Å². The molecule has 0 radical (unpaired) electrons. The van der Waals surface area contributed by atoms with Gasteiger partial charge in [0.05, 0.1) is 23.8 Å². The number of esters is 1. The van der Waals surface area contributed by atoms with Crippen molar-refractivity contribution in [1.29, 1.82) is 5.26 Å². The number of anilines is 1. The minimum Gasteiger partial charge on any atom is -0.454 e. The fourth-order valence-corrected chi connectivity index (χ4v) is 3.16. The summed E-state index contributed by atoms with van der Waals surface area (Å²) in [5.74, 6) is -0.880. The van der Waals surface area contributed by atoms with Gasteiger partial charge >= 0.3 is 5.97 Å². The van der Waals surface area contributed by atoms with Gasteiger partial charge in [-0.1, -0.05) is 45.0 Å². The number of carbonyl (C=O) groups excluding carboxylic acids is 3. The van der Waals surface area contributed by atoms with Gasteiger partial charge < -0.3 is 10.1 Å². The average Bonchev–Trinajstić information content (AvgIpc) is 2.71. The molecule has 1 N–H and O–H groups in total. The van der Waals surface area contributed by atoms with Gasteiger partial charge in [0, 0.05) is 16.0 Å². The largest absolute Gasteiger partial charge is 0.454 e. The zero-order chi connectivity index (χ0) is 22.1. The molecule has 2 rings (SSSR count). The second-order valence-corrected chi connectivity index (χ2v) is 8.63. The summed E-state index contributed by atoms with van der Waals surface area (Å²) >= 11 is 1.21. The molecule has 0 heterocycles. The maximum atomic E-state index is 12.4. The van der Waals surface area contributed by atoms with Crippen LogP contribution in [0.1, 0.15) is 36.7 Å². The van der Waals surface area contributed by atoms with Crippen LogP contribution in [0.25, 0.3) is 0 Å². The van der Waals surface area contributed by atoms with Gasteiger partial charge in [0.15, 0.2) is 12.4 Å². The fraction of sp³-hybridized carbons (Fsp3) is 0.304. The van der Waals surface area contributed by atoms with Crippen LogP contribution in [0.3, 0.4) is 0 Å². The standard InChI is InChI=1S/C23H24N2O4S/c1-23(2,3)20(26)14-29-22(28)18-6-4-5-7-19(18)30-15-21(27)25-17-10-8-16(9-11-17)12-13-24/h4-11H,12,14-15H2,1-3H3,(H,25,27). The van der Waals surface area contributed by atoms with Crippen LogP contribution in [0, 0.1) is 16.7 Å². The van der Waals surface area contributed by atoms with E-state index in [1.54, 1.807) is 69.3 Å². The molecule has 0 aliphatic rings. The number of thioether (sulfide) groups is 1. The number of hydrogen-bond donors (Lipinski definition) is 1. The maximum absolute atomic E-state index is 12.4. The maximum Gasteiger partial charge on any atom is 0.339 e. The molecule has 7 heteroatoms. The van der Waals surface area contributed by atoms with Crippen LogP contribution in [0.4, 0.5) is 5.69 Å². The Labute approximate surface area is 180 Å². The quantitative estimate of drug-likeness (QED) is 0.502. The third kappa shape index (κ3) is 7.05. The highest BCUT2D eigenvalue weighted by atomic mass is 32.2. The Morgan fingerprint density at radius 3 is 2.37 bits per heavy atom. The van der Waals surface area contributed by atoms with Crippen LogP contribution in [0.5, 0.6) is 0 Å². The van der Waals surface area contributed by atoms with Gasteiger partial charge in [0.25, 0.3) is 0 Å². The molecule has 0 aliphatic heterocycles. The van der Waals surface area contributed by atoms with Gasteiger partial charge in [-0.3, -0.25) is 9.59 Å². The van der Waals surface area contributed by atoms with E-state index < -0.39 is 11.4 Å². The van der Waals surface area contributed by atoms with Crippen LogP contribution >= 0.6 is 11.8 Å². The molecule has 156 valence electrons. The minimum absolute atomic E-state index is 0.102. The first-order valence-electron chi connectivity index (χ1n) is 9.38. The van der Waals surface area contributed by atoms with Gasteiger partial charge in [-0.2, -0.15) is 5.26 Å². The second kappa shape index (κ2) is 10.6. The van der Waals surface area contributed by atoms with Crippen LogP contribution in [-0.2, 0) is 20.7 Å². The van der Waals surface area contributed by atoms with E-state index in [1.165, 1.54) is 11.8 Å². The Morgan fingerprint density at radius 2 is 1.73 bits per heavy atom. The first kappa shape index (κ1) is 23.2. The van der Waals surface area contributed by atoms with Gasteiger partial charge in [0.2, 0.25) is 5.91 Å². The average molecular weight is 425 g/mol. The van der Waals surface area contributed by atoms with E-state index in [-0.39, 0.29) is 24.1 Å². The summed E-state index contributed by atoms with van der Waals surface area (Å²) in [6.07, 6.45) is 0.318. The number of amides is 1. The number of nitrogens with one attached hydrogen (secondary N) is 1. The highest BCUT2D eigenvalue weighted by Crippen LogP contribution is 2.24. The Bertz CT molecular complexity index is 956. The Kier molecular flexibility index (Phi) is 8.19. The lowest BCUT2D eigenvalue weighted by Crippen LogP contribution is -2.26. The molecular formula is C23H24N2O4S. The third-order valence-corrected chi connectivity index (χ3v) is 5.23. The molecular weight excluding hydrogens is 400 g/mol. The van der Waals surface area contributed by atoms with Crippen LogP contribution in [0.15, 0.2) is 53.4 Å². The van der Waals surface area contributed by atoms with E-state index in [0.717, 1.165) is 5.56 Å². The summed E-state index contributed by atoms with van der Waals surface area (Å²) in [5.41, 5.74) is 1.25. The molecule has 0 saturated heterocycles. The van der Waals surface area contributed by atoms with E-state index in [2.05, 4.69) is 11.4 Å². The summed E-state index contributed by atoms with van der Waals surface area (Å²) < 4.78 is 5.17. The zero-order valence-electron chi connectivity index (χ0n) is 17.2. The third-order valence-electron chi connectivity index (χ3n) is 4.16. The SMILES string of the molecule is CC(C)(C)C(=O)COC(=O)c1ccccc1SCC(=O)Nc1ccc(CC#N)cc1. The van der Waals surface area contributed by atoms with Crippen molar-refractivity contribution in [2.45, 2.75) is 32.1 Å². The number of ether oxygens (including phenoxy) is 1. The fourth-order valence-electron chi connectivity index (χ4n) is 2.32. The van der Waals surface area contributed by atoms with Crippen molar-refractivity contribution < 1.29 is 19.1 Å². The minimum atomic E-state index is -0.593. The number of hydrogen-bond acceptors (Lipinski definition) is 6. The number of nitriles is 1. The van der Waals surface area contributed by atoms with Crippen molar-refractivity contribution in [3.63, 3.8) is 0 Å². The van der Waals surface area contributed by atoms with E-state index >= 15 is 0 Å². The van der Waals surface area contributed by atoms with E-state index in [4.69, 9.17) is 10.00 Å². The van der Waals surface area contributed by atoms with Crippen molar-refractivity contribution in [3.05, 3.63) is 59.7 Å². The van der Waals surface area contributed by atoms with Crippen molar-refractivity contribution in [2.75, 3.05) is 17.7 Å². The molecule has 0 fully saturated rings. The first-order chi connectivity index (χ1) is 14.2. The summed E-state index contributed by atoms with van der Waals surface area (Å²) in [7, 11) is 0. The number of ketones is 1.